The first-order valence-electron chi connectivity index (χ1n) is 10.6. The van der Waals surface area contributed by atoms with Crippen LogP contribution < -0.4 is 4.90 Å². The Kier molecular flexibility index (Phi) is 5.82. The molecule has 3 aromatic rings. The molecule has 0 radical (unpaired) electrons. The van der Waals surface area contributed by atoms with Crippen molar-refractivity contribution in [3.05, 3.63) is 54.0 Å². The van der Waals surface area contributed by atoms with Gasteiger partial charge < -0.3 is 9.64 Å². The topological polar surface area (TPSA) is 55.3 Å². The number of anilines is 1. The minimum absolute atomic E-state index is 0.0646. The van der Waals surface area contributed by atoms with Crippen molar-refractivity contribution in [1.82, 2.24) is 9.97 Å². The summed E-state index contributed by atoms with van der Waals surface area (Å²) in [5, 5.41) is 1.00. The van der Waals surface area contributed by atoms with Crippen LogP contribution in [0.1, 0.15) is 43.9 Å². The van der Waals surface area contributed by atoms with Crippen molar-refractivity contribution in [3.63, 3.8) is 0 Å². The van der Waals surface area contributed by atoms with Gasteiger partial charge >= 0.3 is 0 Å². The van der Waals surface area contributed by atoms with E-state index in [2.05, 4.69) is 28.2 Å². The molecule has 1 saturated carbocycles. The molecule has 2 aromatic heterocycles. The predicted octanol–water partition coefficient (Wildman–Crippen LogP) is 5.22. The van der Waals surface area contributed by atoms with Crippen molar-refractivity contribution in [2.45, 2.75) is 58.6 Å². The van der Waals surface area contributed by atoms with Gasteiger partial charge in [-0.2, -0.15) is 0 Å². The van der Waals surface area contributed by atoms with Crippen LogP contribution in [0.25, 0.3) is 22.0 Å². The number of benzene rings is 1. The second-order valence-corrected chi connectivity index (χ2v) is 8.28. The molecule has 0 saturated heterocycles. The highest BCUT2D eigenvalue weighted by atomic mass is 16.5. The van der Waals surface area contributed by atoms with E-state index in [4.69, 9.17) is 4.74 Å². The van der Waals surface area contributed by atoms with E-state index in [1.54, 1.807) is 14.0 Å². The molecule has 1 aliphatic carbocycles. The Morgan fingerprint density at radius 1 is 1.07 bits per heavy atom. The number of carbonyl (C=O) groups excluding carboxylic acids is 1. The molecule has 0 spiro atoms. The number of pyridine rings is 2. The third kappa shape index (κ3) is 3.94. The van der Waals surface area contributed by atoms with Crippen LogP contribution in [0.5, 0.6) is 0 Å². The van der Waals surface area contributed by atoms with Gasteiger partial charge in [0.15, 0.2) is 0 Å². The molecular formula is C25H29N3O2. The SMILES string of the molecule is COC1CCCC(N(C(C)=O)c2c(C)cnc3ccc(-c4ccc(C)nc4)cc23)C1. The molecule has 0 N–H and O–H groups in total. The highest BCUT2D eigenvalue weighted by Gasteiger charge is 2.31. The lowest BCUT2D eigenvalue weighted by Gasteiger charge is -2.37. The van der Waals surface area contributed by atoms with Crippen molar-refractivity contribution < 1.29 is 9.53 Å². The summed E-state index contributed by atoms with van der Waals surface area (Å²) in [4.78, 5) is 23.9. The number of aromatic nitrogens is 2. The molecular weight excluding hydrogens is 374 g/mol. The molecule has 5 heteroatoms. The van der Waals surface area contributed by atoms with Crippen molar-refractivity contribution in [2.24, 2.45) is 0 Å². The monoisotopic (exact) mass is 403 g/mol. The minimum Gasteiger partial charge on any atom is -0.381 e. The number of rotatable bonds is 4. The average molecular weight is 404 g/mol. The standard InChI is InChI=1S/C25H29N3O2/c1-16-14-27-24-11-10-19(20-9-8-17(2)26-15-20)12-23(24)25(16)28(18(3)29)21-6-5-7-22(13-21)30-4/h8-12,14-15,21-22H,5-7,13H2,1-4H3. The molecule has 2 unspecified atom stereocenters. The van der Waals surface area contributed by atoms with Gasteiger partial charge in [-0.1, -0.05) is 12.1 Å². The van der Waals surface area contributed by atoms with Gasteiger partial charge in [0, 0.05) is 49.1 Å². The number of hydrogen-bond acceptors (Lipinski definition) is 4. The minimum atomic E-state index is 0.0646. The van der Waals surface area contributed by atoms with Crippen LogP contribution in [0.3, 0.4) is 0 Å². The highest BCUT2D eigenvalue weighted by molar-refractivity contribution is 6.04. The summed E-state index contributed by atoms with van der Waals surface area (Å²) in [5.41, 5.74) is 6.00. The molecule has 1 fully saturated rings. The Hall–Kier alpha value is -2.79. The molecule has 1 amide bonds. The van der Waals surface area contributed by atoms with Crippen LogP contribution in [0.2, 0.25) is 0 Å². The average Bonchev–Trinajstić information content (AvgIpc) is 2.75. The van der Waals surface area contributed by atoms with Gasteiger partial charge in [0.25, 0.3) is 0 Å². The van der Waals surface area contributed by atoms with E-state index in [-0.39, 0.29) is 18.1 Å². The normalized spacial score (nSPS) is 19.1. The molecule has 2 atom stereocenters. The summed E-state index contributed by atoms with van der Waals surface area (Å²) in [5.74, 6) is 0.0646. The summed E-state index contributed by atoms with van der Waals surface area (Å²) >= 11 is 0. The van der Waals surface area contributed by atoms with E-state index in [0.29, 0.717) is 0 Å². The zero-order valence-corrected chi connectivity index (χ0v) is 18.2. The van der Waals surface area contributed by atoms with Crippen molar-refractivity contribution in [2.75, 3.05) is 12.0 Å². The Bertz CT molecular complexity index is 1060. The number of nitrogens with zero attached hydrogens (tertiary/aromatic N) is 3. The zero-order chi connectivity index (χ0) is 21.3. The molecule has 1 aromatic carbocycles. The van der Waals surface area contributed by atoms with E-state index >= 15 is 0 Å². The first kappa shape index (κ1) is 20.5. The summed E-state index contributed by atoms with van der Waals surface area (Å²) in [6.07, 6.45) is 7.94. The zero-order valence-electron chi connectivity index (χ0n) is 18.2. The highest BCUT2D eigenvalue weighted by Crippen LogP contribution is 2.37. The number of aryl methyl sites for hydroxylation is 2. The van der Waals surface area contributed by atoms with Gasteiger partial charge in [0.1, 0.15) is 0 Å². The van der Waals surface area contributed by atoms with Crippen LogP contribution in [0, 0.1) is 13.8 Å². The Labute approximate surface area is 178 Å². The molecule has 30 heavy (non-hydrogen) atoms. The Balaban J connectivity index is 1.85. The van der Waals surface area contributed by atoms with Crippen LogP contribution >= 0.6 is 0 Å². The number of carbonyl (C=O) groups is 1. The molecule has 156 valence electrons. The Morgan fingerprint density at radius 2 is 1.87 bits per heavy atom. The first-order valence-corrected chi connectivity index (χ1v) is 10.6. The van der Waals surface area contributed by atoms with E-state index in [1.807, 2.05) is 43.3 Å². The second kappa shape index (κ2) is 8.52. The van der Waals surface area contributed by atoms with Crippen molar-refractivity contribution in [1.29, 1.82) is 0 Å². The summed E-state index contributed by atoms with van der Waals surface area (Å²) in [6, 6.07) is 10.5. The number of hydrogen-bond donors (Lipinski definition) is 0. The number of amides is 1. The maximum absolute atomic E-state index is 12.9. The van der Waals surface area contributed by atoms with Gasteiger partial charge in [-0.25, -0.2) is 0 Å². The van der Waals surface area contributed by atoms with Crippen LogP contribution in [0.4, 0.5) is 5.69 Å². The van der Waals surface area contributed by atoms with Crippen LogP contribution in [0.15, 0.2) is 42.7 Å². The fourth-order valence-corrected chi connectivity index (χ4v) is 4.58. The summed E-state index contributed by atoms with van der Waals surface area (Å²) in [7, 11) is 1.76. The third-order valence-corrected chi connectivity index (χ3v) is 6.14. The lowest BCUT2D eigenvalue weighted by Crippen LogP contribution is -2.44. The maximum atomic E-state index is 12.9. The second-order valence-electron chi connectivity index (χ2n) is 8.28. The van der Waals surface area contributed by atoms with Gasteiger partial charge in [-0.05, 0) is 68.9 Å². The fourth-order valence-electron chi connectivity index (χ4n) is 4.58. The predicted molar refractivity (Wildman–Crippen MR) is 121 cm³/mol. The van der Waals surface area contributed by atoms with E-state index in [9.17, 15) is 4.79 Å². The number of methoxy groups -OCH3 is 1. The van der Waals surface area contributed by atoms with E-state index < -0.39 is 0 Å². The molecule has 1 aliphatic rings. The van der Waals surface area contributed by atoms with Gasteiger partial charge in [-0.3, -0.25) is 14.8 Å². The molecule has 4 rings (SSSR count). The molecule has 5 nitrogen and oxygen atoms in total. The van der Waals surface area contributed by atoms with Crippen LogP contribution in [-0.4, -0.2) is 35.1 Å². The molecule has 0 bridgehead atoms. The fraction of sp³-hybridized carbons (Fsp3) is 0.400. The maximum Gasteiger partial charge on any atom is 0.224 e. The summed E-state index contributed by atoms with van der Waals surface area (Å²) < 4.78 is 5.63. The number of ether oxygens (including phenoxy) is 1. The molecule has 0 aliphatic heterocycles. The van der Waals surface area contributed by atoms with Gasteiger partial charge in [0.05, 0.1) is 17.3 Å². The Morgan fingerprint density at radius 3 is 2.57 bits per heavy atom. The smallest absolute Gasteiger partial charge is 0.224 e. The van der Waals surface area contributed by atoms with Gasteiger partial charge in [-0.15, -0.1) is 0 Å². The van der Waals surface area contributed by atoms with Crippen molar-refractivity contribution >= 4 is 22.5 Å². The van der Waals surface area contributed by atoms with E-state index in [1.165, 1.54) is 0 Å². The molecule has 2 heterocycles. The van der Waals surface area contributed by atoms with Crippen LogP contribution in [-0.2, 0) is 9.53 Å². The quantitative estimate of drug-likeness (QED) is 0.599. The lowest BCUT2D eigenvalue weighted by molar-refractivity contribution is -0.117. The lowest BCUT2D eigenvalue weighted by atomic mass is 9.90. The van der Waals surface area contributed by atoms with Gasteiger partial charge in [0.2, 0.25) is 5.91 Å². The first-order chi connectivity index (χ1) is 14.5. The summed E-state index contributed by atoms with van der Waals surface area (Å²) in [6.45, 7) is 5.68. The van der Waals surface area contributed by atoms with Crippen molar-refractivity contribution in [3.8, 4) is 11.1 Å². The number of fused-ring (bicyclic) bond motifs is 1. The largest absolute Gasteiger partial charge is 0.381 e. The third-order valence-electron chi connectivity index (χ3n) is 6.14. The van der Waals surface area contributed by atoms with E-state index in [0.717, 1.165) is 64.7 Å².